The van der Waals surface area contributed by atoms with Gasteiger partial charge in [0.2, 0.25) is 5.95 Å². The Morgan fingerprint density at radius 3 is 2.47 bits per heavy atom. The molecule has 3 rings (SSSR count). The molecular formula is C10H4Cl2IN5S. The van der Waals surface area contributed by atoms with Crippen LogP contribution in [0.2, 0.25) is 10.0 Å². The Morgan fingerprint density at radius 1 is 1.05 bits per heavy atom. The third kappa shape index (κ3) is 2.60. The van der Waals surface area contributed by atoms with Crippen molar-refractivity contribution in [3.8, 4) is 0 Å². The first kappa shape index (κ1) is 13.2. The van der Waals surface area contributed by atoms with Crippen LogP contribution in [0.1, 0.15) is 0 Å². The molecule has 1 aromatic carbocycles. The van der Waals surface area contributed by atoms with E-state index in [0.717, 1.165) is 14.9 Å². The van der Waals surface area contributed by atoms with Crippen LogP contribution in [0.5, 0.6) is 0 Å². The van der Waals surface area contributed by atoms with E-state index in [-0.39, 0.29) is 0 Å². The SMILES string of the molecule is Clc1cc(Cl)c(Nc2ncc(I)cn2)c2c1N=S=N2. The van der Waals surface area contributed by atoms with Gasteiger partial charge >= 0.3 is 0 Å². The normalized spacial score (nSPS) is 12.2. The van der Waals surface area contributed by atoms with Crippen molar-refractivity contribution < 1.29 is 0 Å². The fraction of sp³-hybridized carbons (Fsp3) is 0. The zero-order valence-corrected chi connectivity index (χ0v) is 13.5. The topological polar surface area (TPSA) is 62.5 Å². The van der Waals surface area contributed by atoms with Gasteiger partial charge in [0.1, 0.15) is 11.4 Å². The van der Waals surface area contributed by atoms with E-state index in [1.54, 1.807) is 18.5 Å². The van der Waals surface area contributed by atoms with E-state index in [4.69, 9.17) is 23.2 Å². The van der Waals surface area contributed by atoms with E-state index in [2.05, 4.69) is 46.6 Å². The highest BCUT2D eigenvalue weighted by atomic mass is 127. The van der Waals surface area contributed by atoms with Crippen LogP contribution in [0.15, 0.2) is 27.2 Å². The first-order valence-corrected chi connectivity index (χ1v) is 7.56. The second-order valence-corrected chi connectivity index (χ2v) is 6.12. The van der Waals surface area contributed by atoms with Gasteiger partial charge in [0.15, 0.2) is 0 Å². The maximum Gasteiger partial charge on any atom is 0.227 e. The maximum atomic E-state index is 6.18. The molecule has 0 radical (unpaired) electrons. The van der Waals surface area contributed by atoms with E-state index >= 15 is 0 Å². The van der Waals surface area contributed by atoms with Gasteiger partial charge in [-0.15, -0.1) is 0 Å². The van der Waals surface area contributed by atoms with Crippen LogP contribution in [0.25, 0.3) is 0 Å². The van der Waals surface area contributed by atoms with Crippen LogP contribution in [-0.4, -0.2) is 9.97 Å². The molecule has 2 aromatic rings. The lowest BCUT2D eigenvalue weighted by Crippen LogP contribution is -1.97. The summed E-state index contributed by atoms with van der Waals surface area (Å²) in [6.07, 6.45) is 3.41. The lowest BCUT2D eigenvalue weighted by molar-refractivity contribution is 1.15. The van der Waals surface area contributed by atoms with Crippen molar-refractivity contribution in [1.82, 2.24) is 9.97 Å². The quantitative estimate of drug-likeness (QED) is 0.598. The first-order chi connectivity index (χ1) is 9.15. The van der Waals surface area contributed by atoms with Gasteiger partial charge in [0.05, 0.1) is 27.1 Å². The van der Waals surface area contributed by atoms with E-state index in [0.29, 0.717) is 33.1 Å². The maximum absolute atomic E-state index is 6.18. The molecule has 0 spiro atoms. The average Bonchev–Trinajstić information content (AvgIpc) is 2.86. The Bertz CT molecular complexity index is 728. The highest BCUT2D eigenvalue weighted by molar-refractivity contribution is 14.1. The van der Waals surface area contributed by atoms with Crippen LogP contribution in [0.3, 0.4) is 0 Å². The smallest absolute Gasteiger partial charge is 0.227 e. The van der Waals surface area contributed by atoms with E-state index in [1.807, 2.05) is 0 Å². The number of nitrogens with zero attached hydrogens (tertiary/aromatic N) is 4. The van der Waals surface area contributed by atoms with Crippen molar-refractivity contribution in [3.05, 3.63) is 32.1 Å². The molecule has 0 bridgehead atoms. The van der Waals surface area contributed by atoms with Gasteiger partial charge < -0.3 is 5.32 Å². The second-order valence-electron chi connectivity index (χ2n) is 3.53. The third-order valence-corrected chi connectivity index (χ3v) is 3.97. The molecule has 2 heterocycles. The summed E-state index contributed by atoms with van der Waals surface area (Å²) in [5.74, 6) is 0.443. The van der Waals surface area contributed by atoms with Gasteiger partial charge in [-0.1, -0.05) is 23.2 Å². The molecule has 96 valence electrons. The van der Waals surface area contributed by atoms with Gasteiger partial charge in [0.25, 0.3) is 0 Å². The van der Waals surface area contributed by atoms with Gasteiger partial charge in [-0.2, -0.15) is 8.73 Å². The molecule has 0 unspecified atom stereocenters. The minimum absolute atomic E-state index is 0.443. The average molecular weight is 424 g/mol. The fourth-order valence-corrected chi connectivity index (χ4v) is 2.92. The van der Waals surface area contributed by atoms with Gasteiger partial charge in [-0.25, -0.2) is 9.97 Å². The highest BCUT2D eigenvalue weighted by Crippen LogP contribution is 2.48. The molecule has 9 heteroatoms. The molecule has 0 amide bonds. The van der Waals surface area contributed by atoms with E-state index in [1.165, 1.54) is 0 Å². The van der Waals surface area contributed by atoms with Crippen molar-refractivity contribution >= 4 is 80.2 Å². The molecule has 0 saturated heterocycles. The standard InChI is InChI=1S/C10H4Cl2IN5S/c11-5-1-6(12)8-9(18-19-17-8)7(5)16-10-14-2-4(13)3-15-10/h1-3H,(H,14,15,16). The Labute approximate surface area is 135 Å². The molecule has 5 nitrogen and oxygen atoms in total. The minimum atomic E-state index is 0.443. The first-order valence-electron chi connectivity index (χ1n) is 5.00. The Kier molecular flexibility index (Phi) is 3.70. The number of aromatic nitrogens is 2. The molecular weight excluding hydrogens is 420 g/mol. The fourth-order valence-electron chi connectivity index (χ4n) is 1.48. The van der Waals surface area contributed by atoms with Crippen molar-refractivity contribution in [2.45, 2.75) is 0 Å². The van der Waals surface area contributed by atoms with Crippen molar-refractivity contribution in [2.24, 2.45) is 8.73 Å². The van der Waals surface area contributed by atoms with Crippen LogP contribution in [0.4, 0.5) is 23.0 Å². The number of nitrogens with one attached hydrogen (secondary N) is 1. The van der Waals surface area contributed by atoms with Crippen LogP contribution >= 0.6 is 45.8 Å². The molecule has 0 aliphatic carbocycles. The largest absolute Gasteiger partial charge is 0.321 e. The number of fused-ring (bicyclic) bond motifs is 1. The summed E-state index contributed by atoms with van der Waals surface area (Å²) in [5, 5.41) is 3.97. The van der Waals surface area contributed by atoms with Gasteiger partial charge in [-0.3, -0.25) is 0 Å². The Hall–Kier alpha value is -0.770. The molecule has 0 saturated carbocycles. The molecule has 0 fully saturated rings. The summed E-state index contributed by atoms with van der Waals surface area (Å²) < 4.78 is 9.28. The number of anilines is 2. The predicted molar refractivity (Wildman–Crippen MR) is 86.0 cm³/mol. The molecule has 19 heavy (non-hydrogen) atoms. The summed E-state index contributed by atoms with van der Waals surface area (Å²) in [7, 11) is 0. The lowest BCUT2D eigenvalue weighted by atomic mass is 10.2. The number of halogens is 3. The molecule has 1 aliphatic heterocycles. The molecule has 1 N–H and O–H groups in total. The minimum Gasteiger partial charge on any atom is -0.321 e. The number of hydrogen-bond acceptors (Lipinski definition) is 5. The van der Waals surface area contributed by atoms with Gasteiger partial charge in [0, 0.05) is 16.0 Å². The summed E-state index contributed by atoms with van der Waals surface area (Å²) in [6.45, 7) is 0. The number of benzene rings is 1. The zero-order valence-electron chi connectivity index (χ0n) is 9.06. The summed E-state index contributed by atoms with van der Waals surface area (Å²) in [6, 6.07) is 1.63. The number of hydrogen-bond donors (Lipinski definition) is 1. The van der Waals surface area contributed by atoms with Crippen LogP contribution in [-0.2, 0) is 11.4 Å². The molecule has 1 aliphatic rings. The highest BCUT2D eigenvalue weighted by Gasteiger charge is 2.19. The summed E-state index contributed by atoms with van der Waals surface area (Å²) in [5.41, 5.74) is 1.84. The van der Waals surface area contributed by atoms with Crippen molar-refractivity contribution in [3.63, 3.8) is 0 Å². The van der Waals surface area contributed by atoms with Crippen molar-refractivity contribution in [2.75, 3.05) is 5.32 Å². The number of rotatable bonds is 2. The second kappa shape index (κ2) is 5.31. The van der Waals surface area contributed by atoms with Crippen LogP contribution < -0.4 is 5.32 Å². The summed E-state index contributed by atoms with van der Waals surface area (Å²) in [4.78, 5) is 8.32. The van der Waals surface area contributed by atoms with Crippen molar-refractivity contribution in [1.29, 1.82) is 0 Å². The zero-order chi connectivity index (χ0) is 13.4. The Balaban J connectivity index is 2.05. The molecule has 0 atom stereocenters. The van der Waals surface area contributed by atoms with E-state index < -0.39 is 0 Å². The summed E-state index contributed by atoms with van der Waals surface area (Å²) >= 11 is 15.5. The predicted octanol–water partition coefficient (Wildman–Crippen LogP) is 4.86. The van der Waals surface area contributed by atoms with E-state index in [9.17, 15) is 0 Å². The van der Waals surface area contributed by atoms with Gasteiger partial charge in [-0.05, 0) is 28.7 Å². The Morgan fingerprint density at radius 2 is 1.74 bits per heavy atom. The lowest BCUT2D eigenvalue weighted by Gasteiger charge is -2.10. The third-order valence-electron chi connectivity index (χ3n) is 2.30. The van der Waals surface area contributed by atoms with Crippen LogP contribution in [0, 0.1) is 3.57 Å². The molecule has 1 aromatic heterocycles. The monoisotopic (exact) mass is 423 g/mol.